The Balaban J connectivity index is 2.13. The van der Waals surface area contributed by atoms with E-state index in [1.54, 1.807) is 31.3 Å². The van der Waals surface area contributed by atoms with Crippen LogP contribution in [0.15, 0.2) is 41.2 Å². The highest BCUT2D eigenvalue weighted by molar-refractivity contribution is 14.1. The van der Waals surface area contributed by atoms with E-state index >= 15 is 0 Å². The van der Waals surface area contributed by atoms with Crippen LogP contribution in [0.3, 0.4) is 0 Å². The summed E-state index contributed by atoms with van der Waals surface area (Å²) in [5.74, 6) is 0.142. The summed E-state index contributed by atoms with van der Waals surface area (Å²) in [7, 11) is 1.66. The van der Waals surface area contributed by atoms with Crippen molar-refractivity contribution in [2.24, 2.45) is 7.05 Å². The molecule has 0 unspecified atom stereocenters. The molecule has 0 amide bonds. The maximum Gasteiger partial charge on any atom is 0.261 e. The maximum absolute atomic E-state index is 14.0. The average Bonchev–Trinajstić information content (AvgIpc) is 2.54. The Hall–Kier alpha value is -1.96. The van der Waals surface area contributed by atoms with Crippen molar-refractivity contribution in [1.29, 1.82) is 0 Å². The topological polar surface area (TPSA) is 46.9 Å². The third-order valence-corrected chi connectivity index (χ3v) is 4.38. The molecule has 2 aromatic heterocycles. The molecular weight excluding hydrogens is 408 g/mol. The van der Waals surface area contributed by atoms with Crippen LogP contribution in [-0.2, 0) is 13.5 Å². The molecule has 0 aliphatic carbocycles. The van der Waals surface area contributed by atoms with E-state index in [0.29, 0.717) is 22.4 Å². The molecule has 0 radical (unpaired) electrons. The quantitative estimate of drug-likeness (QED) is 0.649. The van der Waals surface area contributed by atoms with Gasteiger partial charge in [0, 0.05) is 22.4 Å². The molecule has 0 spiro atoms. The number of hydrogen-bond acceptors (Lipinski definition) is 3. The molecule has 0 saturated carbocycles. The van der Waals surface area contributed by atoms with Crippen molar-refractivity contribution in [2.75, 3.05) is 5.32 Å². The van der Waals surface area contributed by atoms with Gasteiger partial charge in [-0.15, -0.1) is 0 Å². The van der Waals surface area contributed by atoms with Crippen LogP contribution in [0.5, 0.6) is 0 Å². The summed E-state index contributed by atoms with van der Waals surface area (Å²) in [4.78, 5) is 17.0. The minimum atomic E-state index is -0.361. The van der Waals surface area contributed by atoms with Gasteiger partial charge in [-0.1, -0.05) is 6.92 Å². The number of anilines is 2. The number of aryl methyl sites for hydroxylation is 1. The molecule has 0 atom stereocenters. The highest BCUT2D eigenvalue weighted by Gasteiger charge is 2.10. The van der Waals surface area contributed by atoms with Crippen LogP contribution in [0, 0.1) is 9.39 Å². The van der Waals surface area contributed by atoms with Gasteiger partial charge in [-0.2, -0.15) is 0 Å². The Morgan fingerprint density at radius 2 is 2.04 bits per heavy atom. The van der Waals surface area contributed by atoms with Crippen molar-refractivity contribution in [3.05, 3.63) is 61.8 Å². The second-order valence-electron chi connectivity index (χ2n) is 5.23. The van der Waals surface area contributed by atoms with E-state index in [-0.39, 0.29) is 11.4 Å². The molecular formula is C17H15FIN3O. The fourth-order valence-corrected chi connectivity index (χ4v) is 2.82. The van der Waals surface area contributed by atoms with Gasteiger partial charge in [-0.05, 0) is 59.3 Å². The number of nitrogens with one attached hydrogen (secondary N) is 1. The number of aromatic nitrogens is 2. The molecule has 0 bridgehead atoms. The lowest BCUT2D eigenvalue weighted by Gasteiger charge is -2.13. The SMILES string of the molecule is CCc1ccc2c(=O)n(C)c(Nc3ccc(I)cc3F)cc2n1. The highest BCUT2D eigenvalue weighted by Crippen LogP contribution is 2.22. The lowest BCUT2D eigenvalue weighted by atomic mass is 10.2. The van der Waals surface area contributed by atoms with Gasteiger partial charge in [0.05, 0.1) is 16.6 Å². The molecule has 118 valence electrons. The zero-order chi connectivity index (χ0) is 16.6. The second kappa shape index (κ2) is 6.27. The molecule has 1 aromatic carbocycles. The fraction of sp³-hybridized carbons (Fsp3) is 0.176. The Labute approximate surface area is 146 Å². The van der Waals surface area contributed by atoms with Crippen molar-refractivity contribution in [3.8, 4) is 0 Å². The smallest absolute Gasteiger partial charge is 0.261 e. The predicted molar refractivity (Wildman–Crippen MR) is 98.8 cm³/mol. The molecule has 2 heterocycles. The van der Waals surface area contributed by atoms with Crippen LogP contribution in [0.2, 0.25) is 0 Å². The van der Waals surface area contributed by atoms with E-state index in [2.05, 4.69) is 32.9 Å². The molecule has 23 heavy (non-hydrogen) atoms. The van der Waals surface area contributed by atoms with E-state index in [0.717, 1.165) is 15.7 Å². The predicted octanol–water partition coefficient (Wildman–Crippen LogP) is 3.98. The van der Waals surface area contributed by atoms with Crippen molar-refractivity contribution in [3.63, 3.8) is 0 Å². The van der Waals surface area contributed by atoms with Crippen LogP contribution in [0.25, 0.3) is 10.9 Å². The zero-order valence-corrected chi connectivity index (χ0v) is 14.9. The summed E-state index contributed by atoms with van der Waals surface area (Å²) < 4.78 is 16.3. The van der Waals surface area contributed by atoms with E-state index < -0.39 is 0 Å². The molecule has 4 nitrogen and oxygen atoms in total. The molecule has 3 aromatic rings. The Bertz CT molecular complexity index is 952. The van der Waals surface area contributed by atoms with Gasteiger partial charge in [0.15, 0.2) is 0 Å². The highest BCUT2D eigenvalue weighted by atomic mass is 127. The molecule has 0 aliphatic heterocycles. The first-order chi connectivity index (χ1) is 11.0. The van der Waals surface area contributed by atoms with Crippen molar-refractivity contribution >= 4 is 45.0 Å². The van der Waals surface area contributed by atoms with Gasteiger partial charge in [0.1, 0.15) is 11.6 Å². The molecule has 3 rings (SSSR count). The van der Waals surface area contributed by atoms with Gasteiger partial charge in [0.25, 0.3) is 5.56 Å². The summed E-state index contributed by atoms with van der Waals surface area (Å²) >= 11 is 2.05. The first-order valence-electron chi connectivity index (χ1n) is 7.21. The zero-order valence-electron chi connectivity index (χ0n) is 12.7. The van der Waals surface area contributed by atoms with Gasteiger partial charge >= 0.3 is 0 Å². The number of rotatable bonds is 3. The summed E-state index contributed by atoms with van der Waals surface area (Å²) in [6.45, 7) is 2.01. The second-order valence-corrected chi connectivity index (χ2v) is 6.48. The number of nitrogens with zero attached hydrogens (tertiary/aromatic N) is 2. The standard InChI is InChI=1S/C17H15FIN3O/c1-3-11-5-6-12-15(20-11)9-16(22(2)17(12)23)21-14-7-4-10(19)8-13(14)18/h4-9,21H,3H2,1-2H3. The van der Waals surface area contributed by atoms with Crippen LogP contribution < -0.4 is 10.9 Å². The van der Waals surface area contributed by atoms with Gasteiger partial charge < -0.3 is 5.32 Å². The van der Waals surface area contributed by atoms with Crippen molar-refractivity contribution in [1.82, 2.24) is 9.55 Å². The van der Waals surface area contributed by atoms with Crippen molar-refractivity contribution in [2.45, 2.75) is 13.3 Å². The first kappa shape index (κ1) is 15.9. The fourth-order valence-electron chi connectivity index (χ4n) is 2.37. The van der Waals surface area contributed by atoms with Crippen LogP contribution >= 0.6 is 22.6 Å². The lowest BCUT2D eigenvalue weighted by molar-refractivity contribution is 0.630. The van der Waals surface area contributed by atoms with Gasteiger partial charge in [-0.25, -0.2) is 4.39 Å². The number of pyridine rings is 2. The summed E-state index contributed by atoms with van der Waals surface area (Å²) in [5, 5.41) is 3.54. The van der Waals surface area contributed by atoms with E-state index in [9.17, 15) is 9.18 Å². The molecule has 6 heteroatoms. The Morgan fingerprint density at radius 3 is 2.74 bits per heavy atom. The number of benzene rings is 1. The normalized spacial score (nSPS) is 11.0. The number of fused-ring (bicyclic) bond motifs is 1. The Kier molecular flexibility index (Phi) is 4.34. The van der Waals surface area contributed by atoms with E-state index in [1.165, 1.54) is 10.6 Å². The number of hydrogen-bond donors (Lipinski definition) is 1. The van der Waals surface area contributed by atoms with E-state index in [1.807, 2.05) is 13.0 Å². The monoisotopic (exact) mass is 423 g/mol. The van der Waals surface area contributed by atoms with Crippen molar-refractivity contribution < 1.29 is 4.39 Å². The average molecular weight is 423 g/mol. The lowest BCUT2D eigenvalue weighted by Crippen LogP contribution is -2.20. The summed E-state index contributed by atoms with van der Waals surface area (Å²) in [6.07, 6.45) is 0.791. The minimum absolute atomic E-state index is 0.161. The van der Waals surface area contributed by atoms with Crippen LogP contribution in [0.4, 0.5) is 15.9 Å². The molecule has 1 N–H and O–H groups in total. The van der Waals surface area contributed by atoms with Gasteiger partial charge in [-0.3, -0.25) is 14.3 Å². The number of halogens is 2. The molecule has 0 aliphatic rings. The first-order valence-corrected chi connectivity index (χ1v) is 8.29. The molecule has 0 fully saturated rings. The third kappa shape index (κ3) is 3.08. The van der Waals surface area contributed by atoms with E-state index in [4.69, 9.17) is 0 Å². The summed E-state index contributed by atoms with van der Waals surface area (Å²) in [6, 6.07) is 10.3. The van der Waals surface area contributed by atoms with Crippen LogP contribution in [0.1, 0.15) is 12.6 Å². The third-order valence-electron chi connectivity index (χ3n) is 3.71. The largest absolute Gasteiger partial charge is 0.339 e. The van der Waals surface area contributed by atoms with Crippen LogP contribution in [-0.4, -0.2) is 9.55 Å². The van der Waals surface area contributed by atoms with Gasteiger partial charge in [0.2, 0.25) is 0 Å². The minimum Gasteiger partial charge on any atom is -0.339 e. The Morgan fingerprint density at radius 1 is 1.26 bits per heavy atom. The molecule has 0 saturated heterocycles. The maximum atomic E-state index is 14.0. The summed E-state index contributed by atoms with van der Waals surface area (Å²) in [5.41, 5.74) is 1.69.